The third-order valence-electron chi connectivity index (χ3n) is 5.54. The normalized spacial score (nSPS) is 25.9. The third kappa shape index (κ3) is 2.79. The highest BCUT2D eigenvalue weighted by Crippen LogP contribution is 2.49. The van der Waals surface area contributed by atoms with Crippen LogP contribution in [0.5, 0.6) is 0 Å². The van der Waals surface area contributed by atoms with Crippen LogP contribution in [-0.4, -0.2) is 25.0 Å². The van der Waals surface area contributed by atoms with Crippen molar-refractivity contribution >= 4 is 0 Å². The van der Waals surface area contributed by atoms with E-state index in [1.54, 1.807) is 11.1 Å². The number of rotatable bonds is 2. The zero-order valence-corrected chi connectivity index (χ0v) is 13.4. The minimum absolute atomic E-state index is 0.598. The van der Waals surface area contributed by atoms with Crippen LogP contribution in [0, 0.1) is 11.3 Å². The second-order valence-corrected chi connectivity index (χ2v) is 7.71. The van der Waals surface area contributed by atoms with Gasteiger partial charge in [0.2, 0.25) is 0 Å². The average molecular weight is 271 g/mol. The summed E-state index contributed by atoms with van der Waals surface area (Å²) in [5.41, 5.74) is 3.90. The van der Waals surface area contributed by atoms with Gasteiger partial charge in [0.25, 0.3) is 0 Å². The van der Waals surface area contributed by atoms with Crippen molar-refractivity contribution in [3.8, 4) is 0 Å². The lowest BCUT2D eigenvalue weighted by molar-refractivity contribution is 0.0924. The van der Waals surface area contributed by atoms with Gasteiger partial charge in [0.1, 0.15) is 0 Å². The minimum atomic E-state index is 0.598. The van der Waals surface area contributed by atoms with Crippen LogP contribution in [0.3, 0.4) is 0 Å². The molecule has 20 heavy (non-hydrogen) atoms. The fourth-order valence-corrected chi connectivity index (χ4v) is 4.46. The summed E-state index contributed by atoms with van der Waals surface area (Å²) in [5.74, 6) is 1.60. The molecule has 3 rings (SSSR count). The molecule has 2 aliphatic rings. The molecule has 1 aliphatic heterocycles. The molecule has 0 aromatic heterocycles. The Balaban J connectivity index is 1.88. The van der Waals surface area contributed by atoms with Crippen molar-refractivity contribution in [2.75, 3.05) is 20.1 Å². The van der Waals surface area contributed by atoms with Crippen LogP contribution in [0.4, 0.5) is 0 Å². The Labute approximate surface area is 124 Å². The van der Waals surface area contributed by atoms with Gasteiger partial charge in [-0.05, 0) is 80.6 Å². The Bertz CT molecular complexity index is 455. The molecule has 1 heteroatoms. The molecule has 0 saturated carbocycles. The summed E-state index contributed by atoms with van der Waals surface area (Å²) in [5, 5.41) is 0. The van der Waals surface area contributed by atoms with E-state index in [0.29, 0.717) is 5.41 Å². The first kappa shape index (κ1) is 14.1. The van der Waals surface area contributed by atoms with E-state index in [0.717, 1.165) is 11.8 Å². The van der Waals surface area contributed by atoms with Crippen LogP contribution in [-0.2, 0) is 6.42 Å². The number of fused-ring (bicyclic) bond motifs is 1. The van der Waals surface area contributed by atoms with Crippen molar-refractivity contribution < 1.29 is 0 Å². The van der Waals surface area contributed by atoms with E-state index in [2.05, 4.69) is 50.1 Å². The van der Waals surface area contributed by atoms with Crippen LogP contribution < -0.4 is 0 Å². The maximum Gasteiger partial charge on any atom is -0.00164 e. The van der Waals surface area contributed by atoms with E-state index >= 15 is 0 Å². The summed E-state index contributed by atoms with van der Waals surface area (Å²) >= 11 is 0. The molecular formula is C19H29N. The van der Waals surface area contributed by atoms with Crippen LogP contribution >= 0.6 is 0 Å². The number of piperidine rings is 1. The van der Waals surface area contributed by atoms with Crippen molar-refractivity contribution in [1.29, 1.82) is 0 Å². The number of benzene rings is 1. The number of hydrogen-bond donors (Lipinski definition) is 0. The fraction of sp³-hybridized carbons (Fsp3) is 0.684. The molecule has 110 valence electrons. The molecule has 1 heterocycles. The first-order valence-corrected chi connectivity index (χ1v) is 8.34. The summed E-state index contributed by atoms with van der Waals surface area (Å²) in [6.45, 7) is 7.32. The smallest absolute Gasteiger partial charge is 0.00164 e. The maximum absolute atomic E-state index is 2.50. The molecule has 1 nitrogen and oxygen atoms in total. The Hall–Kier alpha value is -0.820. The molecular weight excluding hydrogens is 242 g/mol. The van der Waals surface area contributed by atoms with E-state index in [1.165, 1.54) is 45.2 Å². The van der Waals surface area contributed by atoms with Gasteiger partial charge >= 0.3 is 0 Å². The first-order chi connectivity index (χ1) is 9.58. The van der Waals surface area contributed by atoms with Gasteiger partial charge in [-0.3, -0.25) is 0 Å². The second kappa shape index (κ2) is 5.52. The Morgan fingerprint density at radius 3 is 2.60 bits per heavy atom. The predicted octanol–water partition coefficient (Wildman–Crippen LogP) is 4.47. The van der Waals surface area contributed by atoms with Gasteiger partial charge in [-0.15, -0.1) is 0 Å². The highest BCUT2D eigenvalue weighted by Gasteiger charge is 2.40. The van der Waals surface area contributed by atoms with Crippen molar-refractivity contribution in [3.05, 3.63) is 35.4 Å². The number of hydrogen-bond acceptors (Lipinski definition) is 1. The molecule has 1 spiro atoms. The predicted molar refractivity (Wildman–Crippen MR) is 86.1 cm³/mol. The molecule has 0 unspecified atom stereocenters. The summed E-state index contributed by atoms with van der Waals surface area (Å²) < 4.78 is 0. The van der Waals surface area contributed by atoms with Gasteiger partial charge in [-0.25, -0.2) is 0 Å². The lowest BCUT2D eigenvalue weighted by Gasteiger charge is -2.47. The zero-order chi connectivity index (χ0) is 14.2. The molecule has 0 amide bonds. The fourth-order valence-electron chi connectivity index (χ4n) is 4.46. The van der Waals surface area contributed by atoms with Crippen molar-refractivity contribution in [3.63, 3.8) is 0 Å². The van der Waals surface area contributed by atoms with Crippen LogP contribution in [0.2, 0.25) is 0 Å². The topological polar surface area (TPSA) is 3.24 Å². The van der Waals surface area contributed by atoms with E-state index in [-0.39, 0.29) is 0 Å². The minimum Gasteiger partial charge on any atom is -0.306 e. The first-order valence-electron chi connectivity index (χ1n) is 8.34. The van der Waals surface area contributed by atoms with E-state index in [9.17, 15) is 0 Å². The largest absolute Gasteiger partial charge is 0.306 e. The average Bonchev–Trinajstić information content (AvgIpc) is 2.42. The molecule has 1 atom stereocenters. The van der Waals surface area contributed by atoms with Crippen LogP contribution in [0.15, 0.2) is 24.3 Å². The third-order valence-corrected chi connectivity index (χ3v) is 5.54. The standard InChI is InChI=1S/C19H29N/c1-15(2)12-17-14-19(8-10-20(3)11-9-19)13-16-6-4-5-7-18(16)17/h4-7,15,17H,8-14H2,1-3H3/t17-/m0/s1. The second-order valence-electron chi connectivity index (χ2n) is 7.71. The van der Waals surface area contributed by atoms with Gasteiger partial charge in [0.05, 0.1) is 0 Å². The quantitative estimate of drug-likeness (QED) is 0.767. The number of likely N-dealkylation sites (tertiary alicyclic amines) is 1. The monoisotopic (exact) mass is 271 g/mol. The lowest BCUT2D eigenvalue weighted by atomic mass is 9.61. The Morgan fingerprint density at radius 2 is 1.90 bits per heavy atom. The van der Waals surface area contributed by atoms with Crippen molar-refractivity contribution in [2.24, 2.45) is 11.3 Å². The lowest BCUT2D eigenvalue weighted by Crippen LogP contribution is -2.42. The summed E-state index contributed by atoms with van der Waals surface area (Å²) in [6, 6.07) is 9.25. The van der Waals surface area contributed by atoms with Gasteiger partial charge in [0, 0.05) is 0 Å². The van der Waals surface area contributed by atoms with Gasteiger partial charge in [-0.1, -0.05) is 38.1 Å². The van der Waals surface area contributed by atoms with Gasteiger partial charge in [-0.2, -0.15) is 0 Å². The molecule has 1 saturated heterocycles. The van der Waals surface area contributed by atoms with E-state index < -0.39 is 0 Å². The summed E-state index contributed by atoms with van der Waals surface area (Å²) in [7, 11) is 2.27. The molecule has 0 N–H and O–H groups in total. The molecule has 0 radical (unpaired) electrons. The summed E-state index contributed by atoms with van der Waals surface area (Å²) in [4.78, 5) is 2.50. The molecule has 1 aromatic rings. The molecule has 0 bridgehead atoms. The van der Waals surface area contributed by atoms with Crippen molar-refractivity contribution in [2.45, 2.75) is 51.9 Å². The van der Waals surface area contributed by atoms with Crippen LogP contribution in [0.1, 0.15) is 56.6 Å². The molecule has 1 fully saturated rings. The van der Waals surface area contributed by atoms with Gasteiger partial charge in [0.15, 0.2) is 0 Å². The SMILES string of the molecule is CC(C)C[C@H]1CC2(CCN(C)CC2)Cc2ccccc21. The highest BCUT2D eigenvalue weighted by molar-refractivity contribution is 5.34. The molecule has 1 aromatic carbocycles. The molecule has 1 aliphatic carbocycles. The van der Waals surface area contributed by atoms with Crippen LogP contribution in [0.25, 0.3) is 0 Å². The maximum atomic E-state index is 2.50. The Kier molecular flexibility index (Phi) is 3.90. The van der Waals surface area contributed by atoms with E-state index in [4.69, 9.17) is 0 Å². The van der Waals surface area contributed by atoms with Crippen molar-refractivity contribution in [1.82, 2.24) is 4.90 Å². The van der Waals surface area contributed by atoms with E-state index in [1.807, 2.05) is 0 Å². The Morgan fingerprint density at radius 1 is 1.20 bits per heavy atom. The van der Waals surface area contributed by atoms with Gasteiger partial charge < -0.3 is 4.90 Å². The number of nitrogens with zero attached hydrogens (tertiary/aromatic N) is 1. The summed E-state index contributed by atoms with van der Waals surface area (Å²) in [6.07, 6.45) is 6.90. The highest BCUT2D eigenvalue weighted by atomic mass is 15.1. The zero-order valence-electron chi connectivity index (χ0n) is 13.4.